The van der Waals surface area contributed by atoms with Crippen molar-refractivity contribution in [3.63, 3.8) is 0 Å². The second-order valence-electron chi connectivity index (χ2n) is 6.14. The molecule has 2 aliphatic rings. The minimum atomic E-state index is -0.404. The van der Waals surface area contributed by atoms with E-state index in [1.54, 1.807) is 17.0 Å². The van der Waals surface area contributed by atoms with Gasteiger partial charge in [-0.15, -0.1) is 0 Å². The molecule has 2 amide bonds. The summed E-state index contributed by atoms with van der Waals surface area (Å²) >= 11 is 0. The van der Waals surface area contributed by atoms with E-state index in [1.807, 2.05) is 6.92 Å². The molecule has 2 aliphatic heterocycles. The fourth-order valence-electron chi connectivity index (χ4n) is 3.45. The Morgan fingerprint density at radius 1 is 1.43 bits per heavy atom. The maximum absolute atomic E-state index is 12.9. The van der Waals surface area contributed by atoms with Crippen LogP contribution in [0.2, 0.25) is 0 Å². The van der Waals surface area contributed by atoms with Crippen molar-refractivity contribution in [3.05, 3.63) is 35.6 Å². The minimum Gasteiger partial charge on any atom is -0.356 e. The highest BCUT2D eigenvalue weighted by molar-refractivity contribution is 5.87. The van der Waals surface area contributed by atoms with Crippen LogP contribution in [0.15, 0.2) is 24.3 Å². The van der Waals surface area contributed by atoms with E-state index >= 15 is 0 Å². The third-order valence-electron chi connectivity index (χ3n) is 4.84. The van der Waals surface area contributed by atoms with Crippen molar-refractivity contribution in [1.82, 2.24) is 10.2 Å². The normalized spacial score (nSPS) is 28.2. The van der Waals surface area contributed by atoms with Crippen LogP contribution in [-0.4, -0.2) is 36.3 Å². The van der Waals surface area contributed by atoms with Gasteiger partial charge in [-0.25, -0.2) is 4.39 Å². The van der Waals surface area contributed by atoms with Crippen LogP contribution in [0.4, 0.5) is 4.39 Å². The molecule has 2 heterocycles. The molecule has 3 rings (SSSR count). The Morgan fingerprint density at radius 3 is 2.76 bits per heavy atom. The van der Waals surface area contributed by atoms with Crippen LogP contribution in [0.5, 0.6) is 0 Å². The largest absolute Gasteiger partial charge is 0.356 e. The molecule has 0 radical (unpaired) electrons. The molecular formula is C16H19FN2O2. The summed E-state index contributed by atoms with van der Waals surface area (Å²) < 4.78 is 12.9. The van der Waals surface area contributed by atoms with Gasteiger partial charge in [0.05, 0.1) is 11.8 Å². The summed E-state index contributed by atoms with van der Waals surface area (Å²) in [5.74, 6) is -0.0446. The number of carbonyl (C=O) groups is 2. The first-order chi connectivity index (χ1) is 10.0. The third-order valence-corrected chi connectivity index (χ3v) is 4.84. The molecule has 1 spiro atoms. The van der Waals surface area contributed by atoms with Gasteiger partial charge < -0.3 is 10.2 Å². The van der Waals surface area contributed by atoms with E-state index in [4.69, 9.17) is 0 Å². The van der Waals surface area contributed by atoms with Gasteiger partial charge in [-0.2, -0.15) is 0 Å². The summed E-state index contributed by atoms with van der Waals surface area (Å²) in [5.41, 5.74) is 0.393. The lowest BCUT2D eigenvalue weighted by atomic mass is 9.78. The Kier molecular flexibility index (Phi) is 3.43. The summed E-state index contributed by atoms with van der Waals surface area (Å²) in [6.07, 6.45) is 1.05. The zero-order valence-corrected chi connectivity index (χ0v) is 12.1. The van der Waals surface area contributed by atoms with Crippen molar-refractivity contribution in [2.75, 3.05) is 19.6 Å². The number of rotatable bonds is 2. The molecule has 4 nitrogen and oxygen atoms in total. The number of likely N-dealkylation sites (tertiary alicyclic amines) is 1. The van der Waals surface area contributed by atoms with E-state index < -0.39 is 5.41 Å². The van der Waals surface area contributed by atoms with Gasteiger partial charge in [0.25, 0.3) is 0 Å². The molecule has 0 aliphatic carbocycles. The van der Waals surface area contributed by atoms with E-state index in [0.717, 1.165) is 12.0 Å². The van der Waals surface area contributed by atoms with Crippen LogP contribution >= 0.6 is 0 Å². The van der Waals surface area contributed by atoms with Gasteiger partial charge in [-0.05, 0) is 30.0 Å². The Bertz CT molecular complexity index is 572. The zero-order chi connectivity index (χ0) is 15.0. The second-order valence-corrected chi connectivity index (χ2v) is 6.14. The zero-order valence-electron chi connectivity index (χ0n) is 12.1. The number of carbonyl (C=O) groups excluding carboxylic acids is 2. The lowest BCUT2D eigenvalue weighted by molar-refractivity contribution is -0.131. The topological polar surface area (TPSA) is 49.4 Å². The van der Waals surface area contributed by atoms with Crippen molar-refractivity contribution in [2.45, 2.75) is 19.8 Å². The lowest BCUT2D eigenvalue weighted by Crippen LogP contribution is -2.38. The minimum absolute atomic E-state index is 0.00466. The van der Waals surface area contributed by atoms with Gasteiger partial charge in [-0.3, -0.25) is 9.59 Å². The number of hydrogen-bond donors (Lipinski definition) is 1. The summed E-state index contributed by atoms with van der Waals surface area (Å²) in [6.45, 7) is 3.85. The Morgan fingerprint density at radius 2 is 2.14 bits per heavy atom. The van der Waals surface area contributed by atoms with E-state index in [-0.39, 0.29) is 30.0 Å². The van der Waals surface area contributed by atoms with Crippen molar-refractivity contribution in [2.24, 2.45) is 11.3 Å². The number of nitrogens with one attached hydrogen (secondary N) is 1. The molecule has 2 saturated heterocycles. The monoisotopic (exact) mass is 290 g/mol. The first-order valence-corrected chi connectivity index (χ1v) is 7.32. The van der Waals surface area contributed by atoms with Crippen molar-refractivity contribution < 1.29 is 14.0 Å². The summed E-state index contributed by atoms with van der Waals surface area (Å²) in [4.78, 5) is 26.3. The molecule has 0 aromatic heterocycles. The molecule has 1 N–H and O–H groups in total. The number of nitrogens with zero attached hydrogens (tertiary/aromatic N) is 1. The summed E-state index contributed by atoms with van der Waals surface area (Å²) in [7, 11) is 0. The number of benzene rings is 1. The van der Waals surface area contributed by atoms with Gasteiger partial charge >= 0.3 is 0 Å². The average molecular weight is 290 g/mol. The van der Waals surface area contributed by atoms with Gasteiger partial charge in [0.15, 0.2) is 0 Å². The Hall–Kier alpha value is -1.91. The fraction of sp³-hybridized carbons (Fsp3) is 0.500. The van der Waals surface area contributed by atoms with Crippen LogP contribution in [-0.2, 0) is 16.0 Å². The highest BCUT2D eigenvalue weighted by Gasteiger charge is 2.53. The molecular weight excluding hydrogens is 271 g/mol. The summed E-state index contributed by atoms with van der Waals surface area (Å²) in [6, 6.07) is 5.98. The quantitative estimate of drug-likeness (QED) is 0.894. The molecule has 1 aromatic rings. The van der Waals surface area contributed by atoms with E-state index in [1.165, 1.54) is 12.1 Å². The van der Waals surface area contributed by atoms with Gasteiger partial charge in [-0.1, -0.05) is 19.1 Å². The van der Waals surface area contributed by atoms with Gasteiger partial charge in [0, 0.05) is 19.6 Å². The number of halogens is 1. The lowest BCUT2D eigenvalue weighted by Gasteiger charge is -2.23. The maximum Gasteiger partial charge on any atom is 0.228 e. The SMILES string of the molecule is C[C@@H]1CN(C(=O)Cc2ccc(F)cc2)C[C@]12CCNC2=O. The fourth-order valence-corrected chi connectivity index (χ4v) is 3.45. The molecule has 2 fully saturated rings. The van der Waals surface area contributed by atoms with E-state index in [9.17, 15) is 14.0 Å². The highest BCUT2D eigenvalue weighted by atomic mass is 19.1. The van der Waals surface area contributed by atoms with Gasteiger partial charge in [0.2, 0.25) is 11.8 Å². The maximum atomic E-state index is 12.9. The molecule has 1 aromatic carbocycles. The van der Waals surface area contributed by atoms with E-state index in [0.29, 0.717) is 19.6 Å². The average Bonchev–Trinajstić information content (AvgIpc) is 2.99. The van der Waals surface area contributed by atoms with Crippen molar-refractivity contribution in [1.29, 1.82) is 0 Å². The first-order valence-electron chi connectivity index (χ1n) is 7.32. The van der Waals surface area contributed by atoms with Crippen LogP contribution in [0.3, 0.4) is 0 Å². The third kappa shape index (κ3) is 2.41. The van der Waals surface area contributed by atoms with Gasteiger partial charge in [0.1, 0.15) is 5.82 Å². The smallest absolute Gasteiger partial charge is 0.228 e. The van der Waals surface area contributed by atoms with Crippen LogP contribution in [0.25, 0.3) is 0 Å². The highest BCUT2D eigenvalue weighted by Crippen LogP contribution is 2.41. The Labute approximate surface area is 123 Å². The van der Waals surface area contributed by atoms with E-state index in [2.05, 4.69) is 5.32 Å². The molecule has 0 bridgehead atoms. The van der Waals surface area contributed by atoms with Crippen LogP contribution in [0, 0.1) is 17.2 Å². The van der Waals surface area contributed by atoms with Crippen LogP contribution < -0.4 is 5.32 Å². The molecule has 0 saturated carbocycles. The standard InChI is InChI=1S/C16H19FN2O2/c1-11-9-19(10-16(11)6-7-18-15(16)21)14(20)8-12-2-4-13(17)5-3-12/h2-5,11H,6-10H2,1H3,(H,18,21)/t11-,16-/m1/s1. The van der Waals surface area contributed by atoms with Crippen molar-refractivity contribution in [3.8, 4) is 0 Å². The Balaban J connectivity index is 1.69. The molecule has 21 heavy (non-hydrogen) atoms. The molecule has 112 valence electrons. The molecule has 2 atom stereocenters. The van der Waals surface area contributed by atoms with Crippen LogP contribution in [0.1, 0.15) is 18.9 Å². The molecule has 0 unspecified atom stereocenters. The number of amides is 2. The van der Waals surface area contributed by atoms with Crippen molar-refractivity contribution >= 4 is 11.8 Å². The first kappa shape index (κ1) is 14.0. The molecule has 5 heteroatoms. The predicted molar refractivity (Wildman–Crippen MR) is 75.9 cm³/mol. The predicted octanol–water partition coefficient (Wildman–Crippen LogP) is 1.35. The number of hydrogen-bond acceptors (Lipinski definition) is 2. The second kappa shape index (κ2) is 5.13. The summed E-state index contributed by atoms with van der Waals surface area (Å²) in [5, 5.41) is 2.88.